The molecule has 0 bridgehead atoms. The number of aryl methyl sites for hydroxylation is 1. The van der Waals surface area contributed by atoms with Crippen molar-refractivity contribution in [1.82, 2.24) is 0 Å². The maximum absolute atomic E-state index is 11.9. The lowest BCUT2D eigenvalue weighted by Crippen LogP contribution is -2.01. The second kappa shape index (κ2) is 5.85. The van der Waals surface area contributed by atoms with E-state index >= 15 is 0 Å². The van der Waals surface area contributed by atoms with Crippen molar-refractivity contribution in [2.45, 2.75) is 11.8 Å². The molecule has 0 N–H and O–H groups in total. The Bertz CT molecular complexity index is 534. The van der Waals surface area contributed by atoms with E-state index in [-0.39, 0.29) is 5.78 Å². The van der Waals surface area contributed by atoms with Crippen LogP contribution in [0.5, 0.6) is 0 Å². The summed E-state index contributed by atoms with van der Waals surface area (Å²) in [5.41, 5.74) is 2.01. The van der Waals surface area contributed by atoms with E-state index in [0.717, 1.165) is 14.9 Å². The van der Waals surface area contributed by atoms with Crippen LogP contribution in [0.2, 0.25) is 0 Å². The summed E-state index contributed by atoms with van der Waals surface area (Å²) in [6.07, 6.45) is 0. The Morgan fingerprint density at radius 1 is 1.41 bits per heavy atom. The van der Waals surface area contributed by atoms with Gasteiger partial charge in [-0.3, -0.25) is 4.79 Å². The summed E-state index contributed by atoms with van der Waals surface area (Å²) in [6, 6.07) is 8.21. The third kappa shape index (κ3) is 3.44. The predicted molar refractivity (Wildman–Crippen MR) is 78.3 cm³/mol. The van der Waals surface area contributed by atoms with Crippen LogP contribution in [-0.4, -0.2) is 11.5 Å². The van der Waals surface area contributed by atoms with E-state index in [1.165, 1.54) is 5.56 Å². The maximum atomic E-state index is 11.9. The zero-order chi connectivity index (χ0) is 12.3. The molecule has 1 aromatic carbocycles. The Hall–Kier alpha value is -0.580. The molecule has 1 heterocycles. The van der Waals surface area contributed by atoms with Gasteiger partial charge in [-0.2, -0.15) is 11.3 Å². The number of thioether (sulfide) groups is 1. The summed E-state index contributed by atoms with van der Waals surface area (Å²) in [5.74, 6) is 0.656. The smallest absolute Gasteiger partial charge is 0.175 e. The van der Waals surface area contributed by atoms with Gasteiger partial charge in [0.15, 0.2) is 5.78 Å². The fourth-order valence-corrected chi connectivity index (χ4v) is 3.83. The minimum Gasteiger partial charge on any atom is -0.293 e. The van der Waals surface area contributed by atoms with Crippen LogP contribution in [0, 0.1) is 6.92 Å². The number of hydrogen-bond acceptors (Lipinski definition) is 3. The molecule has 0 unspecified atom stereocenters. The van der Waals surface area contributed by atoms with Gasteiger partial charge in [0.2, 0.25) is 0 Å². The number of halogens is 1. The van der Waals surface area contributed by atoms with Gasteiger partial charge in [-0.05, 0) is 35.0 Å². The number of thiophene rings is 1. The van der Waals surface area contributed by atoms with E-state index in [0.29, 0.717) is 5.75 Å². The van der Waals surface area contributed by atoms with Crippen LogP contribution < -0.4 is 0 Å². The molecule has 0 aliphatic heterocycles. The molecule has 88 valence electrons. The molecule has 0 spiro atoms. The molecule has 2 rings (SSSR count). The average Bonchev–Trinajstić information content (AvgIpc) is 2.72. The fourth-order valence-electron chi connectivity index (χ4n) is 1.41. The first kappa shape index (κ1) is 12.9. The van der Waals surface area contributed by atoms with Crippen molar-refractivity contribution < 1.29 is 4.79 Å². The van der Waals surface area contributed by atoms with Gasteiger partial charge in [-0.25, -0.2) is 0 Å². The lowest BCUT2D eigenvalue weighted by molar-refractivity contribution is 0.102. The third-order valence-corrected chi connectivity index (χ3v) is 4.97. The van der Waals surface area contributed by atoms with E-state index in [4.69, 9.17) is 0 Å². The van der Waals surface area contributed by atoms with Crippen LogP contribution in [-0.2, 0) is 0 Å². The Kier molecular flexibility index (Phi) is 4.42. The highest BCUT2D eigenvalue weighted by Gasteiger charge is 2.11. The summed E-state index contributed by atoms with van der Waals surface area (Å²) < 4.78 is 0.900. The normalized spacial score (nSPS) is 10.5. The number of ketones is 1. The molecule has 0 saturated carbocycles. The SMILES string of the molecule is Cc1cccc(SCC(=O)c2cscc2Br)c1. The highest BCUT2D eigenvalue weighted by Crippen LogP contribution is 2.25. The third-order valence-electron chi connectivity index (χ3n) is 2.27. The van der Waals surface area contributed by atoms with E-state index < -0.39 is 0 Å². The number of carbonyl (C=O) groups excluding carboxylic acids is 1. The molecular formula is C13H11BrOS2. The van der Waals surface area contributed by atoms with Crippen LogP contribution in [0.3, 0.4) is 0 Å². The van der Waals surface area contributed by atoms with Crippen LogP contribution in [0.25, 0.3) is 0 Å². The topological polar surface area (TPSA) is 17.1 Å². The number of benzene rings is 1. The van der Waals surface area contributed by atoms with E-state index in [1.807, 2.05) is 22.9 Å². The molecule has 0 fully saturated rings. The molecule has 0 saturated heterocycles. The lowest BCUT2D eigenvalue weighted by atomic mass is 10.2. The Balaban J connectivity index is 1.99. The van der Waals surface area contributed by atoms with Gasteiger partial charge in [0.05, 0.1) is 5.75 Å². The zero-order valence-electron chi connectivity index (χ0n) is 9.27. The van der Waals surface area contributed by atoms with Crippen LogP contribution >= 0.6 is 39.0 Å². The molecule has 0 atom stereocenters. The van der Waals surface area contributed by atoms with Gasteiger partial charge < -0.3 is 0 Å². The second-order valence-electron chi connectivity index (χ2n) is 3.66. The van der Waals surface area contributed by atoms with Crippen molar-refractivity contribution in [3.8, 4) is 0 Å². The molecule has 1 nitrogen and oxygen atoms in total. The number of hydrogen-bond donors (Lipinski definition) is 0. The summed E-state index contributed by atoms with van der Waals surface area (Å²) in [4.78, 5) is 13.1. The summed E-state index contributed by atoms with van der Waals surface area (Å²) in [5, 5.41) is 3.83. The molecule has 0 aliphatic rings. The summed E-state index contributed by atoms with van der Waals surface area (Å²) in [7, 11) is 0. The van der Waals surface area contributed by atoms with Gasteiger partial charge in [-0.1, -0.05) is 17.7 Å². The Labute approximate surface area is 117 Å². The van der Waals surface area contributed by atoms with Crippen molar-refractivity contribution in [3.63, 3.8) is 0 Å². The van der Waals surface area contributed by atoms with Gasteiger partial charge in [-0.15, -0.1) is 11.8 Å². The zero-order valence-corrected chi connectivity index (χ0v) is 12.5. The monoisotopic (exact) mass is 326 g/mol. The standard InChI is InChI=1S/C13H11BrOS2/c1-9-3-2-4-10(5-9)17-8-13(15)11-6-16-7-12(11)14/h2-7H,8H2,1H3. The van der Waals surface area contributed by atoms with E-state index in [2.05, 4.69) is 35.0 Å². The van der Waals surface area contributed by atoms with Gasteiger partial charge in [0.25, 0.3) is 0 Å². The van der Waals surface area contributed by atoms with Gasteiger partial charge >= 0.3 is 0 Å². The highest BCUT2D eigenvalue weighted by molar-refractivity contribution is 9.10. The minimum atomic E-state index is 0.171. The van der Waals surface area contributed by atoms with Gasteiger partial charge in [0.1, 0.15) is 0 Å². The first-order chi connectivity index (χ1) is 8.16. The molecule has 17 heavy (non-hydrogen) atoms. The average molecular weight is 327 g/mol. The first-order valence-corrected chi connectivity index (χ1v) is 7.83. The van der Waals surface area contributed by atoms with Gasteiger partial charge in [0, 0.05) is 25.7 Å². The van der Waals surface area contributed by atoms with Crippen molar-refractivity contribution in [3.05, 3.63) is 50.6 Å². The molecule has 0 radical (unpaired) electrons. The predicted octanol–water partition coefficient (Wildman–Crippen LogP) is 4.79. The number of Topliss-reactive ketones (excluding diaryl/α,β-unsaturated/α-hetero) is 1. The van der Waals surface area contributed by atoms with Crippen molar-refractivity contribution in [1.29, 1.82) is 0 Å². The quantitative estimate of drug-likeness (QED) is 0.593. The van der Waals surface area contributed by atoms with E-state index in [9.17, 15) is 4.79 Å². The second-order valence-corrected chi connectivity index (χ2v) is 6.31. The van der Waals surface area contributed by atoms with Crippen LogP contribution in [0.4, 0.5) is 0 Å². The van der Waals surface area contributed by atoms with Crippen molar-refractivity contribution in [2.24, 2.45) is 0 Å². The van der Waals surface area contributed by atoms with Crippen LogP contribution in [0.1, 0.15) is 15.9 Å². The van der Waals surface area contributed by atoms with Crippen molar-refractivity contribution in [2.75, 3.05) is 5.75 Å². The molecule has 2 aromatic rings. The van der Waals surface area contributed by atoms with Crippen LogP contribution in [0.15, 0.2) is 44.4 Å². The molecule has 4 heteroatoms. The summed E-state index contributed by atoms with van der Waals surface area (Å²) in [6.45, 7) is 2.06. The van der Waals surface area contributed by atoms with Crippen molar-refractivity contribution >= 4 is 44.8 Å². The fraction of sp³-hybridized carbons (Fsp3) is 0.154. The highest BCUT2D eigenvalue weighted by atomic mass is 79.9. The summed E-state index contributed by atoms with van der Waals surface area (Å²) >= 11 is 6.51. The largest absolute Gasteiger partial charge is 0.293 e. The first-order valence-electron chi connectivity index (χ1n) is 5.11. The maximum Gasteiger partial charge on any atom is 0.175 e. The molecule has 0 amide bonds. The molecular weight excluding hydrogens is 316 g/mol. The lowest BCUT2D eigenvalue weighted by Gasteiger charge is -2.02. The Morgan fingerprint density at radius 3 is 2.88 bits per heavy atom. The molecule has 0 aliphatic carbocycles. The Morgan fingerprint density at radius 2 is 2.24 bits per heavy atom. The minimum absolute atomic E-state index is 0.171. The molecule has 1 aromatic heterocycles. The number of rotatable bonds is 4. The van der Waals surface area contributed by atoms with E-state index in [1.54, 1.807) is 23.1 Å². The number of carbonyl (C=O) groups is 1.